The second-order valence-electron chi connectivity index (χ2n) is 3.07. The molecule has 0 atom stereocenters. The van der Waals surface area contributed by atoms with Crippen molar-refractivity contribution in [1.82, 2.24) is 10.2 Å². The number of anilines is 1. The summed E-state index contributed by atoms with van der Waals surface area (Å²) in [6.45, 7) is 0. The quantitative estimate of drug-likeness (QED) is 0.647. The van der Waals surface area contributed by atoms with Crippen molar-refractivity contribution in [3.63, 3.8) is 0 Å². The van der Waals surface area contributed by atoms with Gasteiger partial charge in [0, 0.05) is 16.6 Å². The van der Waals surface area contributed by atoms with Crippen LogP contribution >= 0.6 is 22.0 Å². The third-order valence-electron chi connectivity index (χ3n) is 1.79. The Morgan fingerprint density at radius 2 is 2.13 bits per heavy atom. The van der Waals surface area contributed by atoms with Gasteiger partial charge in [-0.2, -0.15) is 0 Å². The maximum Gasteiger partial charge on any atom is 0.290 e. The summed E-state index contributed by atoms with van der Waals surface area (Å²) in [5, 5.41) is 9.50. The first-order chi connectivity index (χ1) is 6.97. The average Bonchev–Trinajstić information content (AvgIpc) is 2.86. The molecule has 6 nitrogen and oxygen atoms in total. The summed E-state index contributed by atoms with van der Waals surface area (Å²) >= 11 is 0.739. The lowest BCUT2D eigenvalue weighted by atomic mass is 10.4. The predicted octanol–water partition coefficient (Wildman–Crippen LogP) is 0.814. The van der Waals surface area contributed by atoms with Crippen LogP contribution < -0.4 is 5.32 Å². The topological polar surface area (TPSA) is 89.0 Å². The van der Waals surface area contributed by atoms with Crippen molar-refractivity contribution >= 4 is 42.1 Å². The minimum Gasteiger partial charge on any atom is -0.300 e. The first-order valence-corrected chi connectivity index (χ1v) is 7.18. The zero-order valence-electron chi connectivity index (χ0n) is 7.31. The molecule has 0 saturated heterocycles. The average molecular weight is 268 g/mol. The zero-order valence-corrected chi connectivity index (χ0v) is 9.69. The Morgan fingerprint density at radius 3 is 2.60 bits per heavy atom. The van der Waals surface area contributed by atoms with E-state index in [0.717, 1.165) is 24.2 Å². The molecule has 1 aliphatic carbocycles. The van der Waals surface area contributed by atoms with E-state index in [0.29, 0.717) is 0 Å². The summed E-state index contributed by atoms with van der Waals surface area (Å²) in [6.07, 6.45) is 1.73. The van der Waals surface area contributed by atoms with Crippen LogP contribution in [0.2, 0.25) is 0 Å². The third-order valence-corrected chi connectivity index (χ3v) is 4.55. The van der Waals surface area contributed by atoms with Crippen LogP contribution in [0.1, 0.15) is 12.8 Å². The number of nitrogens with one attached hydrogen (secondary N) is 1. The molecule has 82 valence electrons. The van der Waals surface area contributed by atoms with Crippen molar-refractivity contribution in [3.05, 3.63) is 0 Å². The molecule has 1 heterocycles. The number of rotatable bonds is 3. The van der Waals surface area contributed by atoms with E-state index in [2.05, 4.69) is 15.5 Å². The van der Waals surface area contributed by atoms with Crippen LogP contribution in [0, 0.1) is 5.92 Å². The SMILES string of the molecule is O=C(Nc1nnc(S(=O)(=O)Cl)s1)C1CC1. The Morgan fingerprint density at radius 1 is 1.47 bits per heavy atom. The van der Waals surface area contributed by atoms with E-state index < -0.39 is 9.05 Å². The van der Waals surface area contributed by atoms with E-state index in [1.807, 2.05) is 0 Å². The molecule has 0 unspecified atom stereocenters. The van der Waals surface area contributed by atoms with Crippen molar-refractivity contribution in [3.8, 4) is 0 Å². The number of carbonyl (C=O) groups is 1. The van der Waals surface area contributed by atoms with E-state index >= 15 is 0 Å². The molecule has 1 amide bonds. The van der Waals surface area contributed by atoms with E-state index in [-0.39, 0.29) is 21.3 Å². The van der Waals surface area contributed by atoms with E-state index in [4.69, 9.17) is 10.7 Å². The van der Waals surface area contributed by atoms with E-state index in [9.17, 15) is 13.2 Å². The molecule has 0 bridgehead atoms. The largest absolute Gasteiger partial charge is 0.300 e. The molecule has 0 aliphatic heterocycles. The first-order valence-electron chi connectivity index (χ1n) is 4.06. The summed E-state index contributed by atoms with van der Waals surface area (Å²) in [5.74, 6) is -0.116. The Hall–Kier alpha value is -0.730. The number of carbonyl (C=O) groups excluding carboxylic acids is 1. The summed E-state index contributed by atoms with van der Waals surface area (Å²) in [7, 11) is 1.19. The lowest BCUT2D eigenvalue weighted by Crippen LogP contribution is -2.12. The Labute approximate surface area is 94.1 Å². The van der Waals surface area contributed by atoms with E-state index in [1.54, 1.807) is 0 Å². The van der Waals surface area contributed by atoms with Crippen LogP contribution in [0.15, 0.2) is 4.34 Å². The van der Waals surface area contributed by atoms with Gasteiger partial charge < -0.3 is 5.32 Å². The van der Waals surface area contributed by atoms with Gasteiger partial charge >= 0.3 is 0 Å². The maximum atomic E-state index is 11.3. The van der Waals surface area contributed by atoms with Gasteiger partial charge in [0.05, 0.1) is 0 Å². The number of hydrogen-bond acceptors (Lipinski definition) is 6. The van der Waals surface area contributed by atoms with Crippen molar-refractivity contribution in [1.29, 1.82) is 0 Å². The van der Waals surface area contributed by atoms with Crippen molar-refractivity contribution in [2.45, 2.75) is 17.2 Å². The predicted molar refractivity (Wildman–Crippen MR) is 54.3 cm³/mol. The van der Waals surface area contributed by atoms with Crippen molar-refractivity contribution < 1.29 is 13.2 Å². The highest BCUT2D eigenvalue weighted by atomic mass is 35.7. The molecule has 2 rings (SSSR count). The van der Waals surface area contributed by atoms with Crippen LogP contribution in [0.3, 0.4) is 0 Å². The standard InChI is InChI=1S/C6H6ClN3O3S2/c7-15(12,13)6-10-9-5(14-6)8-4(11)3-1-2-3/h3H,1-2H2,(H,8,9,11). The molecule has 1 saturated carbocycles. The second-order valence-corrected chi connectivity index (χ2v) is 6.79. The van der Waals surface area contributed by atoms with Crippen LogP contribution in [-0.2, 0) is 13.8 Å². The molecule has 0 spiro atoms. The fourth-order valence-electron chi connectivity index (χ4n) is 0.912. The maximum absolute atomic E-state index is 11.3. The minimum absolute atomic E-state index is 0.0324. The molecule has 1 aromatic rings. The van der Waals surface area contributed by atoms with Gasteiger partial charge in [-0.25, -0.2) is 8.42 Å². The smallest absolute Gasteiger partial charge is 0.290 e. The van der Waals surface area contributed by atoms with Gasteiger partial charge in [-0.1, -0.05) is 11.3 Å². The normalized spacial score (nSPS) is 16.3. The highest BCUT2D eigenvalue weighted by Gasteiger charge is 2.30. The number of nitrogens with zero attached hydrogens (tertiary/aromatic N) is 2. The van der Waals surface area contributed by atoms with Crippen LogP contribution in [0.25, 0.3) is 0 Å². The minimum atomic E-state index is -3.86. The Balaban J connectivity index is 2.10. The molecular weight excluding hydrogens is 262 g/mol. The van der Waals surface area contributed by atoms with Gasteiger partial charge in [0.15, 0.2) is 0 Å². The van der Waals surface area contributed by atoms with Gasteiger partial charge in [-0.3, -0.25) is 4.79 Å². The highest BCUT2D eigenvalue weighted by molar-refractivity contribution is 8.15. The monoisotopic (exact) mass is 267 g/mol. The molecule has 0 aromatic carbocycles. The fourth-order valence-corrected chi connectivity index (χ4v) is 2.54. The lowest BCUT2D eigenvalue weighted by molar-refractivity contribution is -0.117. The van der Waals surface area contributed by atoms with Gasteiger partial charge in [-0.05, 0) is 12.8 Å². The van der Waals surface area contributed by atoms with Crippen LogP contribution in [-0.4, -0.2) is 24.5 Å². The van der Waals surface area contributed by atoms with Gasteiger partial charge in [0.2, 0.25) is 15.4 Å². The molecular formula is C6H6ClN3O3S2. The molecule has 1 aliphatic rings. The second kappa shape index (κ2) is 3.69. The third kappa shape index (κ3) is 2.64. The Bertz CT molecular complexity index is 493. The number of aromatic nitrogens is 2. The number of hydrogen-bond donors (Lipinski definition) is 1. The summed E-state index contributed by atoms with van der Waals surface area (Å²) in [4.78, 5) is 11.3. The van der Waals surface area contributed by atoms with Gasteiger partial charge in [0.25, 0.3) is 9.05 Å². The first kappa shape index (κ1) is 10.8. The molecule has 1 aromatic heterocycles. The van der Waals surface area contributed by atoms with Crippen molar-refractivity contribution in [2.75, 3.05) is 5.32 Å². The lowest BCUT2D eigenvalue weighted by Gasteiger charge is -1.95. The van der Waals surface area contributed by atoms with Crippen LogP contribution in [0.4, 0.5) is 5.13 Å². The van der Waals surface area contributed by atoms with E-state index in [1.165, 1.54) is 0 Å². The zero-order chi connectivity index (χ0) is 11.1. The van der Waals surface area contributed by atoms with Gasteiger partial charge in [-0.15, -0.1) is 10.2 Å². The molecule has 15 heavy (non-hydrogen) atoms. The highest BCUT2D eigenvalue weighted by Crippen LogP contribution is 2.31. The summed E-state index contributed by atoms with van der Waals surface area (Å²) in [5.41, 5.74) is 0. The van der Waals surface area contributed by atoms with Gasteiger partial charge in [0.1, 0.15) is 0 Å². The van der Waals surface area contributed by atoms with Crippen LogP contribution in [0.5, 0.6) is 0 Å². The fraction of sp³-hybridized carbons (Fsp3) is 0.500. The molecule has 1 fully saturated rings. The number of amides is 1. The Kier molecular flexibility index (Phi) is 2.65. The summed E-state index contributed by atoms with van der Waals surface area (Å²) in [6, 6.07) is 0. The molecule has 9 heteroatoms. The van der Waals surface area contributed by atoms with Crippen molar-refractivity contribution in [2.24, 2.45) is 5.92 Å². The molecule has 1 N–H and O–H groups in total. The molecule has 0 radical (unpaired) electrons. The number of halogens is 1. The summed E-state index contributed by atoms with van der Waals surface area (Å²) < 4.78 is 21.4.